The lowest BCUT2D eigenvalue weighted by atomic mass is 9.93. The molecule has 2 bridgehead atoms. The average Bonchev–Trinajstić information content (AvgIpc) is 3.31. The van der Waals surface area contributed by atoms with Crippen molar-refractivity contribution in [3.63, 3.8) is 0 Å². The highest BCUT2D eigenvalue weighted by molar-refractivity contribution is 5.53. The van der Waals surface area contributed by atoms with Crippen LogP contribution in [-0.4, -0.2) is 63.4 Å². The van der Waals surface area contributed by atoms with Gasteiger partial charge in [0.1, 0.15) is 0 Å². The van der Waals surface area contributed by atoms with Crippen LogP contribution in [0.2, 0.25) is 0 Å². The van der Waals surface area contributed by atoms with Crippen LogP contribution in [-0.2, 0) is 6.54 Å². The first-order chi connectivity index (χ1) is 12.7. The number of ether oxygens (including phenoxy) is 3. The molecule has 3 aliphatic rings. The first-order valence-electron chi connectivity index (χ1n) is 9.97. The Balaban J connectivity index is 1.37. The predicted octanol–water partition coefficient (Wildman–Crippen LogP) is 3.02. The van der Waals surface area contributed by atoms with Crippen molar-refractivity contribution in [1.82, 2.24) is 9.80 Å². The molecule has 0 radical (unpaired) electrons. The van der Waals surface area contributed by atoms with Crippen LogP contribution in [0.3, 0.4) is 0 Å². The maximum atomic E-state index is 5.49. The maximum Gasteiger partial charge on any atom is 0.203 e. The molecular formula is C21H32N2O3. The SMILES string of the molecule is COc1cc(CN2CCN([C@H]3C[C@H]4CC[C@@H]3C4)CC2)cc(OC)c1OC. The molecule has 5 nitrogen and oxygen atoms in total. The predicted molar refractivity (Wildman–Crippen MR) is 102 cm³/mol. The Morgan fingerprint density at radius 2 is 1.58 bits per heavy atom. The molecule has 4 rings (SSSR count). The lowest BCUT2D eigenvalue weighted by Crippen LogP contribution is -2.51. The van der Waals surface area contributed by atoms with E-state index < -0.39 is 0 Å². The van der Waals surface area contributed by atoms with Crippen molar-refractivity contribution in [1.29, 1.82) is 0 Å². The second-order valence-electron chi connectivity index (χ2n) is 8.09. The molecule has 0 N–H and O–H groups in total. The minimum absolute atomic E-state index is 0.667. The minimum atomic E-state index is 0.667. The van der Waals surface area contributed by atoms with Gasteiger partial charge in [-0.15, -0.1) is 0 Å². The third-order valence-electron chi connectivity index (χ3n) is 6.71. The topological polar surface area (TPSA) is 34.2 Å². The van der Waals surface area contributed by atoms with Gasteiger partial charge in [-0.1, -0.05) is 6.42 Å². The van der Waals surface area contributed by atoms with E-state index >= 15 is 0 Å². The number of hydrogen-bond acceptors (Lipinski definition) is 5. The molecule has 26 heavy (non-hydrogen) atoms. The smallest absolute Gasteiger partial charge is 0.203 e. The second kappa shape index (κ2) is 7.65. The Morgan fingerprint density at radius 1 is 0.885 bits per heavy atom. The van der Waals surface area contributed by atoms with Gasteiger partial charge in [-0.25, -0.2) is 0 Å². The van der Waals surface area contributed by atoms with Crippen LogP contribution in [0.15, 0.2) is 12.1 Å². The molecule has 1 saturated heterocycles. The third-order valence-corrected chi connectivity index (χ3v) is 6.71. The summed E-state index contributed by atoms with van der Waals surface area (Å²) in [5, 5.41) is 0. The molecule has 0 aromatic heterocycles. The Hall–Kier alpha value is -1.46. The van der Waals surface area contributed by atoms with E-state index in [4.69, 9.17) is 14.2 Å². The summed E-state index contributed by atoms with van der Waals surface area (Å²) in [5.41, 5.74) is 1.22. The summed E-state index contributed by atoms with van der Waals surface area (Å²) in [6.07, 6.45) is 5.91. The van der Waals surface area contributed by atoms with Crippen LogP contribution in [0.5, 0.6) is 17.2 Å². The van der Waals surface area contributed by atoms with Gasteiger partial charge in [0.25, 0.3) is 0 Å². The fourth-order valence-corrected chi connectivity index (χ4v) is 5.40. The molecule has 3 fully saturated rings. The van der Waals surface area contributed by atoms with Gasteiger partial charge in [-0.3, -0.25) is 9.80 Å². The minimum Gasteiger partial charge on any atom is -0.493 e. The van der Waals surface area contributed by atoms with Gasteiger partial charge in [0, 0.05) is 38.8 Å². The van der Waals surface area contributed by atoms with Gasteiger partial charge >= 0.3 is 0 Å². The number of methoxy groups -OCH3 is 3. The Bertz CT molecular complexity index is 603. The highest BCUT2D eigenvalue weighted by Gasteiger charge is 2.42. The van der Waals surface area contributed by atoms with E-state index in [2.05, 4.69) is 21.9 Å². The Kier molecular flexibility index (Phi) is 5.28. The molecule has 1 aromatic rings. The lowest BCUT2D eigenvalue weighted by Gasteiger charge is -2.41. The Morgan fingerprint density at radius 3 is 2.08 bits per heavy atom. The van der Waals surface area contributed by atoms with Crippen molar-refractivity contribution in [3.05, 3.63) is 17.7 Å². The largest absolute Gasteiger partial charge is 0.493 e. The van der Waals surface area contributed by atoms with Crippen LogP contribution >= 0.6 is 0 Å². The summed E-state index contributed by atoms with van der Waals surface area (Å²) in [4.78, 5) is 5.32. The second-order valence-corrected chi connectivity index (χ2v) is 8.09. The molecule has 0 spiro atoms. The van der Waals surface area contributed by atoms with E-state index in [0.717, 1.165) is 49.0 Å². The first kappa shape index (κ1) is 17.9. The monoisotopic (exact) mass is 360 g/mol. The molecule has 2 aliphatic carbocycles. The number of hydrogen-bond donors (Lipinski definition) is 0. The van der Waals surface area contributed by atoms with Crippen LogP contribution in [0.1, 0.15) is 31.2 Å². The number of benzene rings is 1. The number of piperazine rings is 1. The molecule has 1 aromatic carbocycles. The van der Waals surface area contributed by atoms with Crippen molar-refractivity contribution < 1.29 is 14.2 Å². The van der Waals surface area contributed by atoms with Gasteiger partial charge in [0.15, 0.2) is 11.5 Å². The summed E-state index contributed by atoms with van der Waals surface area (Å²) in [5.74, 6) is 4.16. The summed E-state index contributed by atoms with van der Waals surface area (Å²) >= 11 is 0. The first-order valence-corrected chi connectivity index (χ1v) is 9.97. The van der Waals surface area contributed by atoms with Crippen molar-refractivity contribution in [2.45, 2.75) is 38.3 Å². The number of fused-ring (bicyclic) bond motifs is 2. The van der Waals surface area contributed by atoms with Crippen LogP contribution in [0.4, 0.5) is 0 Å². The highest BCUT2D eigenvalue weighted by Crippen LogP contribution is 2.46. The van der Waals surface area contributed by atoms with Crippen LogP contribution in [0.25, 0.3) is 0 Å². The van der Waals surface area contributed by atoms with E-state index in [-0.39, 0.29) is 0 Å². The van der Waals surface area contributed by atoms with E-state index in [1.54, 1.807) is 21.3 Å². The number of nitrogens with zero attached hydrogens (tertiary/aromatic N) is 2. The van der Waals surface area contributed by atoms with Crippen LogP contribution < -0.4 is 14.2 Å². The maximum absolute atomic E-state index is 5.49. The fourth-order valence-electron chi connectivity index (χ4n) is 5.40. The molecule has 1 heterocycles. The van der Waals surface area contributed by atoms with E-state index in [1.807, 2.05) is 0 Å². The molecule has 0 unspecified atom stereocenters. The molecular weight excluding hydrogens is 328 g/mol. The fraction of sp³-hybridized carbons (Fsp3) is 0.714. The van der Waals surface area contributed by atoms with Gasteiger partial charge in [0.2, 0.25) is 5.75 Å². The van der Waals surface area contributed by atoms with Gasteiger partial charge in [0.05, 0.1) is 21.3 Å². The summed E-state index contributed by atoms with van der Waals surface area (Å²) in [6, 6.07) is 5.02. The average molecular weight is 360 g/mol. The molecule has 5 heteroatoms. The van der Waals surface area contributed by atoms with Gasteiger partial charge in [-0.05, 0) is 48.8 Å². The molecule has 2 saturated carbocycles. The standard InChI is InChI=1S/C21H32N2O3/c1-24-19-12-16(13-20(25-2)21(19)26-3)14-22-6-8-23(9-7-22)18-11-15-4-5-17(18)10-15/h12-13,15,17-18H,4-11,14H2,1-3H3/t15-,17+,18-/m0/s1. The number of rotatable bonds is 6. The molecule has 0 amide bonds. The third kappa shape index (κ3) is 3.39. The van der Waals surface area contributed by atoms with E-state index in [9.17, 15) is 0 Å². The molecule has 1 aliphatic heterocycles. The highest BCUT2D eigenvalue weighted by atomic mass is 16.5. The molecule has 144 valence electrons. The van der Waals surface area contributed by atoms with Crippen molar-refractivity contribution in [2.24, 2.45) is 11.8 Å². The van der Waals surface area contributed by atoms with E-state index in [0.29, 0.717) is 5.75 Å². The Labute approximate surface area is 157 Å². The summed E-state index contributed by atoms with van der Waals surface area (Å²) in [7, 11) is 5.00. The zero-order valence-corrected chi connectivity index (χ0v) is 16.4. The van der Waals surface area contributed by atoms with Crippen molar-refractivity contribution >= 4 is 0 Å². The lowest BCUT2D eigenvalue weighted by molar-refractivity contribution is 0.0679. The summed E-state index contributed by atoms with van der Waals surface area (Å²) < 4.78 is 16.4. The van der Waals surface area contributed by atoms with Crippen LogP contribution in [0, 0.1) is 11.8 Å². The zero-order chi connectivity index (χ0) is 18.1. The van der Waals surface area contributed by atoms with Crippen molar-refractivity contribution in [2.75, 3.05) is 47.5 Å². The summed E-state index contributed by atoms with van der Waals surface area (Å²) in [6.45, 7) is 5.63. The zero-order valence-electron chi connectivity index (χ0n) is 16.4. The normalized spacial score (nSPS) is 29.1. The van der Waals surface area contributed by atoms with E-state index in [1.165, 1.54) is 44.3 Å². The van der Waals surface area contributed by atoms with Gasteiger partial charge < -0.3 is 14.2 Å². The van der Waals surface area contributed by atoms with Crippen molar-refractivity contribution in [3.8, 4) is 17.2 Å². The van der Waals surface area contributed by atoms with Gasteiger partial charge in [-0.2, -0.15) is 0 Å². The molecule has 3 atom stereocenters. The quantitative estimate of drug-likeness (QED) is 0.779.